The Morgan fingerprint density at radius 2 is 1.96 bits per heavy atom. The van der Waals surface area contributed by atoms with Crippen molar-refractivity contribution in [3.05, 3.63) is 105 Å². The van der Waals surface area contributed by atoms with Crippen molar-refractivity contribution in [2.24, 2.45) is 11.7 Å². The molecule has 1 amide bonds. The van der Waals surface area contributed by atoms with E-state index in [1.165, 1.54) is 29.6 Å². The number of carbonyl (C=O) groups is 1. The number of aromatic nitrogens is 4. The second-order valence-corrected chi connectivity index (χ2v) is 15.7. The molecular weight excluding hydrogens is 718 g/mol. The molecule has 0 unspecified atom stereocenters. The van der Waals surface area contributed by atoms with Gasteiger partial charge in [0.25, 0.3) is 11.8 Å². The third-order valence-corrected chi connectivity index (χ3v) is 11.6. The highest BCUT2D eigenvalue weighted by Crippen LogP contribution is 2.50. The Morgan fingerprint density at radius 1 is 1.13 bits per heavy atom. The molecule has 0 spiro atoms. The minimum atomic E-state index is -3.10. The molecule has 0 aliphatic heterocycles. The van der Waals surface area contributed by atoms with E-state index in [1.807, 2.05) is 24.3 Å². The number of nitrogens with two attached hydrogens (primary N) is 1. The van der Waals surface area contributed by atoms with Crippen LogP contribution in [0, 0.1) is 12.8 Å². The zero-order valence-electron chi connectivity index (χ0n) is 29.6. The van der Waals surface area contributed by atoms with Crippen LogP contribution in [-0.2, 0) is 25.7 Å². The van der Waals surface area contributed by atoms with Crippen molar-refractivity contribution in [3.8, 4) is 27.6 Å². The van der Waals surface area contributed by atoms with Gasteiger partial charge >= 0.3 is 0 Å². The number of nitrogens with zero attached hydrogens (tertiary/aromatic N) is 4. The number of pyridine rings is 2. The smallest absolute Gasteiger partial charge is 0.276 e. The molecular formula is C40H37ClF2N6O3S. The molecule has 272 valence electrons. The van der Waals surface area contributed by atoms with Crippen molar-refractivity contribution in [3.63, 3.8) is 0 Å². The van der Waals surface area contributed by atoms with Crippen LogP contribution in [0.25, 0.3) is 32.0 Å². The van der Waals surface area contributed by atoms with E-state index in [4.69, 9.17) is 31.5 Å². The highest BCUT2D eigenvalue weighted by Gasteiger charge is 2.49. The predicted molar refractivity (Wildman–Crippen MR) is 202 cm³/mol. The van der Waals surface area contributed by atoms with Gasteiger partial charge in [0.05, 0.1) is 34.3 Å². The zero-order valence-corrected chi connectivity index (χ0v) is 31.2. The molecule has 13 heteroatoms. The van der Waals surface area contributed by atoms with Crippen molar-refractivity contribution in [2.45, 2.75) is 70.8 Å². The monoisotopic (exact) mass is 754 g/mol. The number of anilines is 1. The van der Waals surface area contributed by atoms with Crippen molar-refractivity contribution in [1.29, 1.82) is 0 Å². The van der Waals surface area contributed by atoms with E-state index in [9.17, 15) is 4.79 Å². The summed E-state index contributed by atoms with van der Waals surface area (Å²) in [5, 5.41) is 13.1. The number of nitrogens with one attached hydrogen (secondary N) is 1. The lowest BCUT2D eigenvalue weighted by molar-refractivity contribution is -0.00734. The largest absolute Gasteiger partial charge is 0.496 e. The Kier molecular flexibility index (Phi) is 8.93. The topological polar surface area (TPSA) is 129 Å². The average Bonchev–Trinajstić information content (AvgIpc) is 3.89. The summed E-state index contributed by atoms with van der Waals surface area (Å²) >= 11 is 7.68. The molecule has 3 N–H and O–H groups in total. The van der Waals surface area contributed by atoms with Crippen LogP contribution in [0.5, 0.6) is 5.75 Å². The Bertz CT molecular complexity index is 2410. The number of fused-ring (bicyclic) bond motifs is 3. The van der Waals surface area contributed by atoms with Gasteiger partial charge in [-0.2, -0.15) is 0 Å². The number of rotatable bonds is 10. The number of hydrogen-bond donors (Lipinski definition) is 2. The summed E-state index contributed by atoms with van der Waals surface area (Å²) in [6.45, 7) is 5.83. The van der Waals surface area contributed by atoms with E-state index in [2.05, 4.69) is 40.4 Å². The fourth-order valence-electron chi connectivity index (χ4n) is 7.94. The molecule has 2 atom stereocenters. The van der Waals surface area contributed by atoms with E-state index in [-0.39, 0.29) is 23.3 Å². The first-order chi connectivity index (χ1) is 25.4. The van der Waals surface area contributed by atoms with E-state index >= 15 is 8.78 Å². The maximum Gasteiger partial charge on any atom is 0.276 e. The van der Waals surface area contributed by atoms with Crippen LogP contribution in [0.1, 0.15) is 82.1 Å². The lowest BCUT2D eigenvalue weighted by Crippen LogP contribution is -2.28. The van der Waals surface area contributed by atoms with Crippen LogP contribution in [-0.4, -0.2) is 39.1 Å². The van der Waals surface area contributed by atoms with E-state index in [1.54, 1.807) is 31.3 Å². The number of halogens is 3. The molecule has 9 nitrogen and oxygen atoms in total. The van der Waals surface area contributed by atoms with Gasteiger partial charge in [-0.05, 0) is 89.9 Å². The number of hydrogen-bond acceptors (Lipinski definition) is 9. The summed E-state index contributed by atoms with van der Waals surface area (Å²) in [7, 11) is 1.48. The zero-order chi connectivity index (χ0) is 37.2. The minimum absolute atomic E-state index is 0.133. The van der Waals surface area contributed by atoms with Gasteiger partial charge in [0.2, 0.25) is 11.8 Å². The molecule has 8 rings (SSSR count). The number of ether oxygens (including phenoxy) is 1. The molecule has 0 radical (unpaired) electrons. The van der Waals surface area contributed by atoms with Crippen LogP contribution in [0.2, 0.25) is 5.02 Å². The molecule has 0 saturated carbocycles. The quantitative estimate of drug-likeness (QED) is 0.142. The summed E-state index contributed by atoms with van der Waals surface area (Å²) in [5.41, 5.74) is 12.2. The Morgan fingerprint density at radius 3 is 2.70 bits per heavy atom. The van der Waals surface area contributed by atoms with E-state index < -0.39 is 24.3 Å². The third-order valence-electron chi connectivity index (χ3n) is 10.2. The fourth-order valence-corrected chi connectivity index (χ4v) is 9.30. The summed E-state index contributed by atoms with van der Waals surface area (Å²) in [6.07, 6.45) is 3.96. The van der Waals surface area contributed by atoms with Crippen LogP contribution in [0.4, 0.5) is 14.6 Å². The third kappa shape index (κ3) is 6.31. The Balaban J connectivity index is 1.32. The van der Waals surface area contributed by atoms with Gasteiger partial charge in [-0.1, -0.05) is 43.6 Å². The Hall–Kier alpha value is -4.94. The first-order valence-corrected chi connectivity index (χ1v) is 18.7. The predicted octanol–water partition coefficient (Wildman–Crippen LogP) is 9.29. The fraction of sp³-hybridized carbons (Fsp3) is 0.325. The maximum atomic E-state index is 15.7. The van der Waals surface area contributed by atoms with Gasteiger partial charge in [0, 0.05) is 40.6 Å². The van der Waals surface area contributed by atoms with E-state index in [0.717, 1.165) is 18.2 Å². The highest BCUT2D eigenvalue weighted by atomic mass is 35.5. The molecule has 0 bridgehead atoms. The SMILES string of the molecule is COc1cccc2c1CC(F)(F)[C@@H]2Nc1nccc2cc(-c3c(C(N)=O)c(CC(C)C)nc(C[C@@H]4CCc5cc(Cl)ccc54)c3-c3nnc(C)o3)sc12. The molecule has 4 aromatic heterocycles. The van der Waals surface area contributed by atoms with Gasteiger partial charge in [-0.15, -0.1) is 21.5 Å². The van der Waals surface area contributed by atoms with Crippen molar-refractivity contribution >= 4 is 44.7 Å². The summed E-state index contributed by atoms with van der Waals surface area (Å²) in [6, 6.07) is 13.5. The van der Waals surface area contributed by atoms with Gasteiger partial charge in [0.1, 0.15) is 17.6 Å². The Labute approximate surface area is 314 Å². The summed E-state index contributed by atoms with van der Waals surface area (Å²) < 4.78 is 43.6. The second kappa shape index (κ2) is 13.5. The first kappa shape index (κ1) is 35.1. The number of primary amides is 1. The maximum absolute atomic E-state index is 15.7. The highest BCUT2D eigenvalue weighted by molar-refractivity contribution is 7.23. The summed E-state index contributed by atoms with van der Waals surface area (Å²) in [5.74, 6) is -2.15. The van der Waals surface area contributed by atoms with Gasteiger partial charge in [-0.25, -0.2) is 13.8 Å². The molecule has 4 heterocycles. The number of carbonyl (C=O) groups excluding carboxylic acids is 1. The number of thiophene rings is 1. The van der Waals surface area contributed by atoms with E-state index in [0.29, 0.717) is 78.5 Å². The number of methoxy groups -OCH3 is 1. The standard InChI is InChI=1S/C40H37ClF2N6O3S/c1-19(2)14-28-32(37(44)50)34(33(39-49-48-20(3)52-39)29(46-28)16-22-9-8-21-15-24(41)10-11-25(21)22)31-17-23-12-13-45-38(35(23)53-31)47-36-26-6-5-7-30(51-4)27(26)18-40(36,42)43/h5-7,10-13,15,17,19,22,36H,8-9,14,16,18H2,1-4H3,(H2,44,50)(H,45,47)/t22-,36+/m0/s1. The number of amides is 1. The van der Waals surface area contributed by atoms with Crippen molar-refractivity contribution in [2.75, 3.05) is 12.4 Å². The van der Waals surface area contributed by atoms with Crippen molar-refractivity contribution in [1.82, 2.24) is 20.2 Å². The number of aryl methyl sites for hydroxylation is 2. The van der Waals surface area contributed by atoms with Crippen LogP contribution >= 0.6 is 22.9 Å². The van der Waals surface area contributed by atoms with Gasteiger partial charge in [0.15, 0.2) is 0 Å². The lowest BCUT2D eigenvalue weighted by atomic mass is 9.88. The number of benzene rings is 2. The molecule has 2 aromatic carbocycles. The van der Waals surface area contributed by atoms with Crippen LogP contribution in [0.15, 0.2) is 59.1 Å². The second-order valence-electron chi connectivity index (χ2n) is 14.2. The van der Waals surface area contributed by atoms with Gasteiger partial charge in [-0.3, -0.25) is 9.78 Å². The molecule has 0 saturated heterocycles. The number of alkyl halides is 2. The van der Waals surface area contributed by atoms with Crippen LogP contribution in [0.3, 0.4) is 0 Å². The minimum Gasteiger partial charge on any atom is -0.496 e. The molecule has 2 aliphatic carbocycles. The van der Waals surface area contributed by atoms with Gasteiger partial charge < -0.3 is 20.2 Å². The van der Waals surface area contributed by atoms with Crippen molar-refractivity contribution < 1.29 is 22.7 Å². The average molecular weight is 755 g/mol. The molecule has 2 aliphatic rings. The first-order valence-electron chi connectivity index (χ1n) is 17.5. The molecule has 0 fully saturated rings. The summed E-state index contributed by atoms with van der Waals surface area (Å²) in [4.78, 5) is 24.0. The normalized spacial score (nSPS) is 17.4. The van der Waals surface area contributed by atoms with Crippen LogP contribution < -0.4 is 15.8 Å². The molecule has 6 aromatic rings. The lowest BCUT2D eigenvalue weighted by Gasteiger charge is -2.22. The molecule has 53 heavy (non-hydrogen) atoms.